The van der Waals surface area contributed by atoms with Crippen LogP contribution in [-0.4, -0.2) is 6.26 Å². The maximum absolute atomic E-state index is 2.33. The van der Waals surface area contributed by atoms with E-state index in [0.29, 0.717) is 0 Å². The Balaban J connectivity index is 3.28. The highest BCUT2D eigenvalue weighted by atomic mass is 32.2. The molecule has 0 saturated heterocycles. The SMILES string of the molecule is CCc1c(C)cc(C)c(CSC)c1C. The van der Waals surface area contributed by atoms with E-state index in [0.717, 1.165) is 12.2 Å². The summed E-state index contributed by atoms with van der Waals surface area (Å²) >= 11 is 1.91. The third kappa shape index (κ3) is 2.14. The van der Waals surface area contributed by atoms with Gasteiger partial charge in [-0.2, -0.15) is 11.8 Å². The first-order valence-electron chi connectivity index (χ1n) is 5.19. The predicted molar refractivity (Wildman–Crippen MR) is 67.3 cm³/mol. The summed E-state index contributed by atoms with van der Waals surface area (Å²) in [6, 6.07) is 2.33. The summed E-state index contributed by atoms with van der Waals surface area (Å²) in [5.41, 5.74) is 7.50. The Labute approximate surface area is 92.1 Å². The monoisotopic (exact) mass is 208 g/mol. The second-order valence-electron chi connectivity index (χ2n) is 3.88. The molecule has 0 atom stereocenters. The van der Waals surface area contributed by atoms with Crippen molar-refractivity contribution < 1.29 is 0 Å². The van der Waals surface area contributed by atoms with E-state index in [1.165, 1.54) is 16.7 Å². The lowest BCUT2D eigenvalue weighted by Crippen LogP contribution is -1.99. The summed E-state index contributed by atoms with van der Waals surface area (Å²) in [7, 11) is 0. The lowest BCUT2D eigenvalue weighted by molar-refractivity contribution is 1.05. The van der Waals surface area contributed by atoms with Crippen molar-refractivity contribution in [1.82, 2.24) is 0 Å². The Morgan fingerprint density at radius 3 is 2.14 bits per heavy atom. The molecule has 0 amide bonds. The van der Waals surface area contributed by atoms with Gasteiger partial charge in [0.25, 0.3) is 0 Å². The molecule has 0 aromatic heterocycles. The van der Waals surface area contributed by atoms with Crippen molar-refractivity contribution in [3.63, 3.8) is 0 Å². The van der Waals surface area contributed by atoms with Crippen molar-refractivity contribution in [1.29, 1.82) is 0 Å². The lowest BCUT2D eigenvalue weighted by atomic mass is 9.93. The normalized spacial score (nSPS) is 10.6. The van der Waals surface area contributed by atoms with Gasteiger partial charge in [-0.3, -0.25) is 0 Å². The highest BCUT2D eigenvalue weighted by Crippen LogP contribution is 2.25. The summed E-state index contributed by atoms with van der Waals surface area (Å²) in [4.78, 5) is 0. The van der Waals surface area contributed by atoms with Gasteiger partial charge in [0.15, 0.2) is 0 Å². The second kappa shape index (κ2) is 4.88. The van der Waals surface area contributed by atoms with Gasteiger partial charge in [-0.1, -0.05) is 13.0 Å². The van der Waals surface area contributed by atoms with Gasteiger partial charge in [0.1, 0.15) is 0 Å². The van der Waals surface area contributed by atoms with Crippen LogP contribution < -0.4 is 0 Å². The second-order valence-corrected chi connectivity index (χ2v) is 4.75. The van der Waals surface area contributed by atoms with Gasteiger partial charge in [0.05, 0.1) is 0 Å². The molecule has 14 heavy (non-hydrogen) atoms. The summed E-state index contributed by atoms with van der Waals surface area (Å²) in [6.45, 7) is 8.96. The minimum atomic E-state index is 1.14. The molecule has 1 heteroatoms. The largest absolute Gasteiger partial charge is 0.161 e. The van der Waals surface area contributed by atoms with Crippen molar-refractivity contribution in [3.05, 3.63) is 33.9 Å². The number of hydrogen-bond acceptors (Lipinski definition) is 1. The molecule has 0 unspecified atom stereocenters. The molecular weight excluding hydrogens is 188 g/mol. The fraction of sp³-hybridized carbons (Fsp3) is 0.538. The fourth-order valence-corrected chi connectivity index (χ4v) is 2.92. The molecule has 0 aliphatic carbocycles. The van der Waals surface area contributed by atoms with Gasteiger partial charge in [-0.05, 0) is 61.3 Å². The highest BCUT2D eigenvalue weighted by Gasteiger charge is 2.08. The standard InChI is InChI=1S/C13H20S/c1-6-12-9(2)7-10(3)13(8-14-5)11(12)4/h7H,6,8H2,1-5H3. The zero-order valence-corrected chi connectivity index (χ0v) is 10.7. The Morgan fingerprint density at radius 2 is 1.64 bits per heavy atom. The van der Waals surface area contributed by atoms with E-state index in [9.17, 15) is 0 Å². The molecule has 0 nitrogen and oxygen atoms in total. The fourth-order valence-electron chi connectivity index (χ4n) is 2.18. The average molecular weight is 208 g/mol. The van der Waals surface area contributed by atoms with Crippen molar-refractivity contribution >= 4 is 11.8 Å². The van der Waals surface area contributed by atoms with Gasteiger partial charge in [0, 0.05) is 5.75 Å². The molecular formula is C13H20S. The van der Waals surface area contributed by atoms with Crippen molar-refractivity contribution in [2.24, 2.45) is 0 Å². The van der Waals surface area contributed by atoms with E-state index in [2.05, 4.69) is 40.0 Å². The Morgan fingerprint density at radius 1 is 1.07 bits per heavy atom. The predicted octanol–water partition coefficient (Wildman–Crippen LogP) is 4.04. The van der Waals surface area contributed by atoms with Gasteiger partial charge in [-0.15, -0.1) is 0 Å². The number of aryl methyl sites for hydroxylation is 2. The van der Waals surface area contributed by atoms with Gasteiger partial charge in [0.2, 0.25) is 0 Å². The molecule has 0 heterocycles. The first kappa shape index (κ1) is 11.6. The Bertz CT molecular complexity index is 326. The topological polar surface area (TPSA) is 0 Å². The van der Waals surface area contributed by atoms with Crippen LogP contribution in [-0.2, 0) is 12.2 Å². The number of hydrogen-bond donors (Lipinski definition) is 0. The molecule has 78 valence electrons. The molecule has 0 bridgehead atoms. The molecule has 0 spiro atoms. The van der Waals surface area contributed by atoms with Crippen molar-refractivity contribution in [2.75, 3.05) is 6.26 Å². The van der Waals surface area contributed by atoms with E-state index in [4.69, 9.17) is 0 Å². The Hall–Kier alpha value is -0.430. The van der Waals surface area contributed by atoms with E-state index in [-0.39, 0.29) is 0 Å². The maximum Gasteiger partial charge on any atom is 0.0187 e. The molecule has 0 radical (unpaired) electrons. The summed E-state index contributed by atoms with van der Waals surface area (Å²) in [5, 5.41) is 0. The average Bonchev–Trinajstić information content (AvgIpc) is 2.12. The molecule has 0 saturated carbocycles. The molecule has 0 aliphatic rings. The van der Waals surface area contributed by atoms with Crippen LogP contribution >= 0.6 is 11.8 Å². The first-order valence-corrected chi connectivity index (χ1v) is 6.58. The van der Waals surface area contributed by atoms with Crippen LogP contribution in [0.15, 0.2) is 6.07 Å². The first-order chi connectivity index (χ1) is 6.61. The zero-order valence-electron chi connectivity index (χ0n) is 9.90. The highest BCUT2D eigenvalue weighted by molar-refractivity contribution is 7.97. The molecule has 1 aromatic rings. The zero-order chi connectivity index (χ0) is 10.7. The molecule has 0 fully saturated rings. The molecule has 0 aliphatic heterocycles. The third-order valence-corrected chi connectivity index (χ3v) is 3.51. The van der Waals surface area contributed by atoms with Crippen LogP contribution in [0.25, 0.3) is 0 Å². The van der Waals surface area contributed by atoms with Crippen LogP contribution in [0.1, 0.15) is 34.7 Å². The maximum atomic E-state index is 2.33. The van der Waals surface area contributed by atoms with Crippen LogP contribution in [0, 0.1) is 20.8 Å². The third-order valence-electron chi connectivity index (χ3n) is 2.93. The molecule has 1 rings (SSSR count). The molecule has 0 N–H and O–H groups in total. The van der Waals surface area contributed by atoms with E-state index < -0.39 is 0 Å². The summed E-state index contributed by atoms with van der Waals surface area (Å²) in [6.07, 6.45) is 3.32. The summed E-state index contributed by atoms with van der Waals surface area (Å²) in [5.74, 6) is 1.14. The minimum absolute atomic E-state index is 1.14. The number of rotatable bonds is 3. The van der Waals surface area contributed by atoms with E-state index in [1.54, 1.807) is 11.1 Å². The summed E-state index contributed by atoms with van der Waals surface area (Å²) < 4.78 is 0. The van der Waals surface area contributed by atoms with Crippen molar-refractivity contribution in [3.8, 4) is 0 Å². The van der Waals surface area contributed by atoms with Crippen LogP contribution in [0.2, 0.25) is 0 Å². The Kier molecular flexibility index (Phi) is 4.06. The van der Waals surface area contributed by atoms with E-state index >= 15 is 0 Å². The molecule has 1 aromatic carbocycles. The lowest BCUT2D eigenvalue weighted by Gasteiger charge is -2.15. The van der Waals surface area contributed by atoms with Gasteiger partial charge < -0.3 is 0 Å². The van der Waals surface area contributed by atoms with Gasteiger partial charge in [-0.25, -0.2) is 0 Å². The quantitative estimate of drug-likeness (QED) is 0.722. The van der Waals surface area contributed by atoms with Gasteiger partial charge >= 0.3 is 0 Å². The van der Waals surface area contributed by atoms with Crippen LogP contribution in [0.5, 0.6) is 0 Å². The number of benzene rings is 1. The van der Waals surface area contributed by atoms with Crippen LogP contribution in [0.4, 0.5) is 0 Å². The number of thioether (sulfide) groups is 1. The minimum Gasteiger partial charge on any atom is -0.161 e. The van der Waals surface area contributed by atoms with E-state index in [1.807, 2.05) is 11.8 Å². The van der Waals surface area contributed by atoms with Crippen molar-refractivity contribution in [2.45, 2.75) is 39.9 Å². The smallest absolute Gasteiger partial charge is 0.0187 e. The van der Waals surface area contributed by atoms with Crippen LogP contribution in [0.3, 0.4) is 0 Å².